The first-order valence-electron chi connectivity index (χ1n) is 8.64. The minimum atomic E-state index is -0.750. The van der Waals surface area contributed by atoms with Crippen LogP contribution in [0.4, 0.5) is 10.1 Å². The van der Waals surface area contributed by atoms with E-state index in [1.165, 1.54) is 16.7 Å². The van der Waals surface area contributed by atoms with E-state index >= 15 is 0 Å². The number of hydrogen-bond donors (Lipinski definition) is 2. The maximum absolute atomic E-state index is 14.7. The van der Waals surface area contributed by atoms with Gasteiger partial charge in [-0.05, 0) is 48.7 Å². The highest BCUT2D eigenvalue weighted by molar-refractivity contribution is 6.42. The Hall–Kier alpha value is -1.79. The summed E-state index contributed by atoms with van der Waals surface area (Å²) in [6, 6.07) is 10.2. The number of aromatic nitrogens is 1. The number of aryl methyl sites for hydroxylation is 1. The van der Waals surface area contributed by atoms with Gasteiger partial charge in [0.15, 0.2) is 0 Å². The Morgan fingerprint density at radius 1 is 1.21 bits per heavy atom. The molecular formula is C20H19Cl3FN3O. The minimum absolute atomic E-state index is 0. The van der Waals surface area contributed by atoms with E-state index in [0.29, 0.717) is 35.5 Å². The number of anilines is 1. The molecule has 28 heavy (non-hydrogen) atoms. The van der Waals surface area contributed by atoms with Crippen molar-refractivity contribution < 1.29 is 4.39 Å². The van der Waals surface area contributed by atoms with E-state index in [1.807, 2.05) is 18.2 Å². The molecule has 0 bridgehead atoms. The van der Waals surface area contributed by atoms with Crippen LogP contribution < -0.4 is 16.2 Å². The monoisotopic (exact) mass is 441 g/mol. The Balaban J connectivity index is 0.00000225. The largest absolute Gasteiger partial charge is 0.374 e. The van der Waals surface area contributed by atoms with Crippen LogP contribution in [0.3, 0.4) is 0 Å². The summed E-state index contributed by atoms with van der Waals surface area (Å²) in [4.78, 5) is 12.4. The van der Waals surface area contributed by atoms with E-state index in [-0.39, 0.29) is 23.0 Å². The third-order valence-corrected chi connectivity index (χ3v) is 5.95. The highest BCUT2D eigenvalue weighted by Crippen LogP contribution is 2.41. The summed E-state index contributed by atoms with van der Waals surface area (Å²) in [7, 11) is 1.71. The molecule has 0 aliphatic carbocycles. The zero-order chi connectivity index (χ0) is 19.2. The SMILES string of the molecule is Cl.Cn1ccc2ccc(N[C@]3(c4c(F)ccc(Cl)c4Cl)CCNC3)cc2c1=O. The highest BCUT2D eigenvalue weighted by atomic mass is 35.5. The van der Waals surface area contributed by atoms with Crippen LogP contribution in [0.2, 0.25) is 10.0 Å². The van der Waals surface area contributed by atoms with Gasteiger partial charge in [0, 0.05) is 36.4 Å². The molecule has 4 rings (SSSR count). The van der Waals surface area contributed by atoms with E-state index in [1.54, 1.807) is 19.3 Å². The molecule has 1 saturated heterocycles. The lowest BCUT2D eigenvalue weighted by atomic mass is 9.87. The first-order chi connectivity index (χ1) is 12.9. The second kappa shape index (κ2) is 7.91. The summed E-state index contributed by atoms with van der Waals surface area (Å²) < 4.78 is 16.3. The summed E-state index contributed by atoms with van der Waals surface area (Å²) in [5.41, 5.74) is 0.245. The van der Waals surface area contributed by atoms with Crippen molar-refractivity contribution in [2.45, 2.75) is 12.0 Å². The highest BCUT2D eigenvalue weighted by Gasteiger charge is 2.40. The van der Waals surface area contributed by atoms with E-state index < -0.39 is 11.4 Å². The molecule has 0 saturated carbocycles. The van der Waals surface area contributed by atoms with E-state index in [9.17, 15) is 9.18 Å². The average Bonchev–Trinajstić information content (AvgIpc) is 3.11. The van der Waals surface area contributed by atoms with Crippen LogP contribution in [0.25, 0.3) is 10.8 Å². The molecule has 2 heterocycles. The van der Waals surface area contributed by atoms with Crippen LogP contribution in [-0.2, 0) is 12.6 Å². The maximum Gasteiger partial charge on any atom is 0.258 e. The second-order valence-corrected chi connectivity index (χ2v) is 7.67. The topological polar surface area (TPSA) is 46.1 Å². The molecule has 1 aliphatic rings. The van der Waals surface area contributed by atoms with Gasteiger partial charge in [0.05, 0.1) is 15.6 Å². The molecule has 1 atom stereocenters. The van der Waals surface area contributed by atoms with Gasteiger partial charge >= 0.3 is 0 Å². The number of benzene rings is 2. The van der Waals surface area contributed by atoms with Crippen molar-refractivity contribution in [2.24, 2.45) is 7.05 Å². The molecule has 4 nitrogen and oxygen atoms in total. The first-order valence-corrected chi connectivity index (χ1v) is 9.39. The van der Waals surface area contributed by atoms with Gasteiger partial charge in [-0.25, -0.2) is 4.39 Å². The van der Waals surface area contributed by atoms with Gasteiger partial charge in [-0.2, -0.15) is 0 Å². The lowest BCUT2D eigenvalue weighted by molar-refractivity contribution is 0.496. The van der Waals surface area contributed by atoms with Crippen LogP contribution in [0.5, 0.6) is 0 Å². The first kappa shape index (κ1) is 20.9. The third kappa shape index (κ3) is 3.48. The quantitative estimate of drug-likeness (QED) is 0.578. The van der Waals surface area contributed by atoms with Crippen molar-refractivity contribution in [2.75, 3.05) is 18.4 Å². The standard InChI is InChI=1S/C20H18Cl2FN3O.ClH/c1-26-9-6-12-2-3-13(10-14(12)19(26)27)25-20(7-8-24-11-20)17-16(23)5-4-15(21)18(17)22;/h2-6,9-10,24-25H,7-8,11H2,1H3;1H/t20-;/m1./s1. The van der Waals surface area contributed by atoms with Crippen LogP contribution >= 0.6 is 35.6 Å². The zero-order valence-electron chi connectivity index (χ0n) is 15.1. The van der Waals surface area contributed by atoms with Crippen molar-refractivity contribution in [1.29, 1.82) is 0 Å². The number of nitrogens with zero attached hydrogens (tertiary/aromatic N) is 1. The molecule has 2 aromatic carbocycles. The van der Waals surface area contributed by atoms with Crippen molar-refractivity contribution in [3.63, 3.8) is 0 Å². The molecule has 1 fully saturated rings. The molecule has 148 valence electrons. The van der Waals surface area contributed by atoms with Gasteiger partial charge < -0.3 is 15.2 Å². The van der Waals surface area contributed by atoms with Crippen LogP contribution in [0, 0.1) is 5.82 Å². The Kier molecular flexibility index (Phi) is 5.92. The lowest BCUT2D eigenvalue weighted by Crippen LogP contribution is -2.39. The predicted molar refractivity (Wildman–Crippen MR) is 116 cm³/mol. The Morgan fingerprint density at radius 3 is 2.71 bits per heavy atom. The molecule has 8 heteroatoms. The summed E-state index contributed by atoms with van der Waals surface area (Å²) in [6.45, 7) is 1.21. The number of halogens is 4. The lowest BCUT2D eigenvalue weighted by Gasteiger charge is -2.33. The van der Waals surface area contributed by atoms with Crippen LogP contribution in [0.15, 0.2) is 47.4 Å². The fourth-order valence-corrected chi connectivity index (χ4v) is 4.22. The Bertz CT molecular complexity index is 1090. The zero-order valence-corrected chi connectivity index (χ0v) is 17.4. The van der Waals surface area contributed by atoms with Gasteiger partial charge in [-0.3, -0.25) is 4.79 Å². The van der Waals surface area contributed by atoms with Gasteiger partial charge in [0.1, 0.15) is 5.82 Å². The summed E-state index contributed by atoms with van der Waals surface area (Å²) in [5, 5.41) is 8.67. The Morgan fingerprint density at radius 2 is 2.00 bits per heavy atom. The molecule has 1 aromatic heterocycles. The predicted octanol–water partition coefficient (Wildman–Crippen LogP) is 4.71. The molecule has 0 amide bonds. The van der Waals surface area contributed by atoms with Gasteiger partial charge in [-0.1, -0.05) is 29.3 Å². The van der Waals surface area contributed by atoms with E-state index in [0.717, 1.165) is 11.1 Å². The summed E-state index contributed by atoms with van der Waals surface area (Å²) >= 11 is 12.5. The van der Waals surface area contributed by atoms with E-state index in [2.05, 4.69) is 10.6 Å². The molecule has 2 N–H and O–H groups in total. The van der Waals surface area contributed by atoms with Crippen LogP contribution in [0.1, 0.15) is 12.0 Å². The molecular weight excluding hydrogens is 424 g/mol. The van der Waals surface area contributed by atoms with Crippen molar-refractivity contribution in [1.82, 2.24) is 9.88 Å². The van der Waals surface area contributed by atoms with Gasteiger partial charge in [-0.15, -0.1) is 12.4 Å². The summed E-state index contributed by atoms with van der Waals surface area (Å²) in [5.74, 6) is -0.405. The van der Waals surface area contributed by atoms with Gasteiger partial charge in [0.25, 0.3) is 5.56 Å². The van der Waals surface area contributed by atoms with Crippen LogP contribution in [-0.4, -0.2) is 17.7 Å². The third-order valence-electron chi connectivity index (χ3n) is 5.14. The van der Waals surface area contributed by atoms with Crippen molar-refractivity contribution >= 4 is 52.1 Å². The molecule has 1 aliphatic heterocycles. The fourth-order valence-electron chi connectivity index (χ4n) is 3.73. The number of nitrogens with one attached hydrogen (secondary N) is 2. The molecule has 3 aromatic rings. The number of fused-ring (bicyclic) bond motifs is 1. The minimum Gasteiger partial charge on any atom is -0.374 e. The normalized spacial score (nSPS) is 18.9. The summed E-state index contributed by atoms with van der Waals surface area (Å²) in [6.07, 6.45) is 2.37. The second-order valence-electron chi connectivity index (χ2n) is 6.89. The van der Waals surface area contributed by atoms with Crippen molar-refractivity contribution in [3.05, 3.63) is 74.4 Å². The number of rotatable bonds is 3. The molecule has 0 unspecified atom stereocenters. The maximum atomic E-state index is 14.7. The Labute approximate surface area is 178 Å². The fraction of sp³-hybridized carbons (Fsp3) is 0.250. The number of hydrogen-bond acceptors (Lipinski definition) is 3. The number of pyridine rings is 1. The smallest absolute Gasteiger partial charge is 0.258 e. The van der Waals surface area contributed by atoms with Gasteiger partial charge in [0.2, 0.25) is 0 Å². The van der Waals surface area contributed by atoms with E-state index in [4.69, 9.17) is 23.2 Å². The molecule has 0 radical (unpaired) electrons. The molecule has 0 spiro atoms. The average molecular weight is 443 g/mol. The van der Waals surface area contributed by atoms with Crippen molar-refractivity contribution in [3.8, 4) is 0 Å².